The molecule has 12 heavy (non-hydrogen) atoms. The highest BCUT2D eigenvalue weighted by Crippen LogP contribution is 2.37. The van der Waals surface area contributed by atoms with Crippen LogP contribution in [-0.4, -0.2) is 14.8 Å². The predicted molar refractivity (Wildman–Crippen MR) is 51.2 cm³/mol. The van der Waals surface area contributed by atoms with E-state index in [4.69, 9.17) is 0 Å². The van der Waals surface area contributed by atoms with Gasteiger partial charge in [0.05, 0.1) is 0 Å². The Bertz CT molecular complexity index is 246. The maximum Gasteiger partial charge on any atom is 0.115 e. The van der Waals surface area contributed by atoms with Gasteiger partial charge in [-0.05, 0) is 24.8 Å². The van der Waals surface area contributed by atoms with Crippen LogP contribution in [-0.2, 0) is 6.42 Å². The fourth-order valence-corrected chi connectivity index (χ4v) is 2.12. The van der Waals surface area contributed by atoms with Gasteiger partial charge < -0.3 is 0 Å². The summed E-state index contributed by atoms with van der Waals surface area (Å²) in [5.41, 5.74) is 1.14. The van der Waals surface area contributed by atoms with Crippen LogP contribution in [0.4, 0.5) is 0 Å². The lowest BCUT2D eigenvalue weighted by molar-refractivity contribution is 0.744. The van der Waals surface area contributed by atoms with E-state index in [1.54, 1.807) is 12.5 Å². The van der Waals surface area contributed by atoms with Crippen molar-refractivity contribution in [2.45, 2.75) is 24.1 Å². The first kappa shape index (κ1) is 8.17. The third-order valence-corrected chi connectivity index (χ3v) is 3.25. The summed E-state index contributed by atoms with van der Waals surface area (Å²) in [6, 6.07) is 1.98. The number of rotatable bonds is 3. The highest BCUT2D eigenvalue weighted by atomic mass is 79.9. The van der Waals surface area contributed by atoms with Crippen LogP contribution in [0, 0.1) is 5.92 Å². The van der Waals surface area contributed by atoms with Gasteiger partial charge in [0, 0.05) is 23.1 Å². The zero-order valence-electron chi connectivity index (χ0n) is 6.78. The van der Waals surface area contributed by atoms with Crippen molar-refractivity contribution in [3.05, 3.63) is 24.3 Å². The first-order valence-electron chi connectivity index (χ1n) is 4.25. The Morgan fingerprint density at radius 3 is 3.00 bits per heavy atom. The second kappa shape index (κ2) is 3.52. The zero-order chi connectivity index (χ0) is 8.39. The molecule has 1 aromatic rings. The molecule has 0 N–H and O–H groups in total. The molecule has 0 aliphatic heterocycles. The van der Waals surface area contributed by atoms with Crippen molar-refractivity contribution < 1.29 is 0 Å². The van der Waals surface area contributed by atoms with Crippen molar-refractivity contribution in [3.63, 3.8) is 0 Å². The minimum absolute atomic E-state index is 0.618. The lowest BCUT2D eigenvalue weighted by Crippen LogP contribution is -2.06. The van der Waals surface area contributed by atoms with Crippen LogP contribution in [0.15, 0.2) is 18.6 Å². The van der Waals surface area contributed by atoms with Crippen molar-refractivity contribution in [1.82, 2.24) is 9.97 Å². The molecule has 1 saturated carbocycles. The van der Waals surface area contributed by atoms with Gasteiger partial charge >= 0.3 is 0 Å². The Morgan fingerprint density at radius 2 is 2.42 bits per heavy atom. The SMILES string of the molecule is BrC(Cc1ccncn1)C1CC1. The van der Waals surface area contributed by atoms with Gasteiger partial charge in [0.1, 0.15) is 6.33 Å². The predicted octanol–water partition coefficient (Wildman–Crippen LogP) is 2.19. The average Bonchev–Trinajstić information content (AvgIpc) is 2.88. The van der Waals surface area contributed by atoms with Crippen molar-refractivity contribution in [2.75, 3.05) is 0 Å². The number of nitrogens with zero attached hydrogens (tertiary/aromatic N) is 2. The molecule has 2 rings (SSSR count). The Balaban J connectivity index is 1.94. The summed E-state index contributed by atoms with van der Waals surface area (Å²) in [7, 11) is 0. The molecule has 1 aromatic heterocycles. The molecule has 0 aromatic carbocycles. The van der Waals surface area contributed by atoms with Gasteiger partial charge in [-0.15, -0.1) is 0 Å². The minimum Gasteiger partial charge on any atom is -0.245 e. The number of halogens is 1. The Morgan fingerprint density at radius 1 is 1.58 bits per heavy atom. The first-order valence-corrected chi connectivity index (χ1v) is 5.17. The summed E-state index contributed by atoms with van der Waals surface area (Å²) >= 11 is 3.68. The summed E-state index contributed by atoms with van der Waals surface area (Å²) in [6.07, 6.45) is 7.20. The maximum absolute atomic E-state index is 4.19. The second-order valence-corrected chi connectivity index (χ2v) is 4.43. The maximum atomic E-state index is 4.19. The monoisotopic (exact) mass is 226 g/mol. The van der Waals surface area contributed by atoms with E-state index in [9.17, 15) is 0 Å². The Hall–Kier alpha value is -0.440. The zero-order valence-corrected chi connectivity index (χ0v) is 8.37. The first-order chi connectivity index (χ1) is 5.86. The molecule has 0 radical (unpaired) electrons. The molecule has 64 valence electrons. The van der Waals surface area contributed by atoms with Crippen LogP contribution < -0.4 is 0 Å². The van der Waals surface area contributed by atoms with Gasteiger partial charge in [-0.25, -0.2) is 9.97 Å². The summed E-state index contributed by atoms with van der Waals surface area (Å²) in [6.45, 7) is 0. The highest BCUT2D eigenvalue weighted by Gasteiger charge is 2.29. The van der Waals surface area contributed by atoms with E-state index in [1.165, 1.54) is 12.8 Å². The van der Waals surface area contributed by atoms with Gasteiger partial charge in [-0.2, -0.15) is 0 Å². The fraction of sp³-hybridized carbons (Fsp3) is 0.556. The van der Waals surface area contributed by atoms with Crippen molar-refractivity contribution in [2.24, 2.45) is 5.92 Å². The van der Waals surface area contributed by atoms with Crippen LogP contribution in [0.1, 0.15) is 18.5 Å². The molecular weight excluding hydrogens is 216 g/mol. The normalized spacial score (nSPS) is 19.1. The molecular formula is C9H11BrN2. The largest absolute Gasteiger partial charge is 0.245 e. The molecule has 1 heterocycles. The second-order valence-electron chi connectivity index (χ2n) is 3.26. The van der Waals surface area contributed by atoms with Crippen LogP contribution in [0.25, 0.3) is 0 Å². The van der Waals surface area contributed by atoms with E-state index in [1.807, 2.05) is 6.07 Å². The third-order valence-electron chi connectivity index (χ3n) is 2.18. The van der Waals surface area contributed by atoms with E-state index in [-0.39, 0.29) is 0 Å². The van der Waals surface area contributed by atoms with Crippen molar-refractivity contribution >= 4 is 15.9 Å². The molecule has 3 heteroatoms. The smallest absolute Gasteiger partial charge is 0.115 e. The quantitative estimate of drug-likeness (QED) is 0.739. The van der Waals surface area contributed by atoms with Crippen LogP contribution in [0.5, 0.6) is 0 Å². The van der Waals surface area contributed by atoms with Gasteiger partial charge in [-0.1, -0.05) is 15.9 Å². The third kappa shape index (κ3) is 2.03. The Kier molecular flexibility index (Phi) is 2.40. The number of hydrogen-bond donors (Lipinski definition) is 0. The summed E-state index contributed by atoms with van der Waals surface area (Å²) in [5, 5.41) is 0. The molecule has 0 amide bonds. The number of hydrogen-bond acceptors (Lipinski definition) is 2. The van der Waals surface area contributed by atoms with Crippen molar-refractivity contribution in [1.29, 1.82) is 0 Å². The molecule has 1 atom stereocenters. The van der Waals surface area contributed by atoms with E-state index in [2.05, 4.69) is 25.9 Å². The van der Waals surface area contributed by atoms with E-state index >= 15 is 0 Å². The van der Waals surface area contributed by atoms with Crippen LogP contribution in [0.3, 0.4) is 0 Å². The molecule has 1 aliphatic rings. The van der Waals surface area contributed by atoms with E-state index < -0.39 is 0 Å². The standard InChI is InChI=1S/C9H11BrN2/c10-9(7-1-2-7)5-8-3-4-11-6-12-8/h3-4,6-7,9H,1-2,5H2. The molecule has 2 nitrogen and oxygen atoms in total. The van der Waals surface area contributed by atoms with Gasteiger partial charge in [0.25, 0.3) is 0 Å². The topological polar surface area (TPSA) is 25.8 Å². The lowest BCUT2D eigenvalue weighted by atomic mass is 10.2. The minimum atomic E-state index is 0.618. The van der Waals surface area contributed by atoms with Crippen LogP contribution >= 0.6 is 15.9 Å². The fourth-order valence-electron chi connectivity index (χ4n) is 1.26. The summed E-state index contributed by atoms with van der Waals surface area (Å²) in [4.78, 5) is 8.69. The van der Waals surface area contributed by atoms with E-state index in [0.717, 1.165) is 18.0 Å². The van der Waals surface area contributed by atoms with Gasteiger partial charge in [-0.3, -0.25) is 0 Å². The van der Waals surface area contributed by atoms with Gasteiger partial charge in [0.2, 0.25) is 0 Å². The highest BCUT2D eigenvalue weighted by molar-refractivity contribution is 9.09. The molecule has 1 unspecified atom stereocenters. The summed E-state index contributed by atoms with van der Waals surface area (Å²) < 4.78 is 0. The molecule has 0 spiro atoms. The molecule has 1 aliphatic carbocycles. The molecule has 0 saturated heterocycles. The lowest BCUT2D eigenvalue weighted by Gasteiger charge is -2.05. The summed E-state index contributed by atoms with van der Waals surface area (Å²) in [5.74, 6) is 0.889. The van der Waals surface area contributed by atoms with Crippen LogP contribution in [0.2, 0.25) is 0 Å². The van der Waals surface area contributed by atoms with Gasteiger partial charge in [0.15, 0.2) is 0 Å². The van der Waals surface area contributed by atoms with Crippen molar-refractivity contribution in [3.8, 4) is 0 Å². The molecule has 0 bridgehead atoms. The van der Waals surface area contributed by atoms with E-state index in [0.29, 0.717) is 4.83 Å². The number of alkyl halides is 1. The average molecular weight is 227 g/mol. The molecule has 1 fully saturated rings. The number of aromatic nitrogens is 2. The Labute approximate surface area is 80.6 Å².